The monoisotopic (exact) mass is 153 g/mol. The Kier molecular flexibility index (Phi) is 4.03. The summed E-state index contributed by atoms with van der Waals surface area (Å²) in [6.07, 6.45) is 3.87. The highest BCUT2D eigenvalue weighted by molar-refractivity contribution is 4.94. The molecule has 0 saturated carbocycles. The van der Waals surface area contributed by atoms with E-state index in [-0.39, 0.29) is 0 Å². The van der Waals surface area contributed by atoms with Gasteiger partial charge in [0, 0.05) is 13.1 Å². The standard InChI is InChI=1S/C9H15NO/c1-2-3-9-11-10-7-5-4-6-8-10/h4-9H2,1H3. The van der Waals surface area contributed by atoms with E-state index >= 15 is 0 Å². The molecule has 2 heteroatoms. The molecule has 0 N–H and O–H groups in total. The van der Waals surface area contributed by atoms with Gasteiger partial charge in [0.05, 0.1) is 0 Å². The van der Waals surface area contributed by atoms with Gasteiger partial charge in [-0.05, 0) is 19.8 Å². The quantitative estimate of drug-likeness (QED) is 0.556. The Labute approximate surface area is 68.5 Å². The first-order valence-corrected chi connectivity index (χ1v) is 4.21. The molecule has 0 amide bonds. The Hall–Kier alpha value is -0.520. The van der Waals surface area contributed by atoms with Crippen molar-refractivity contribution in [3.05, 3.63) is 0 Å². The van der Waals surface area contributed by atoms with Crippen LogP contribution in [0.15, 0.2) is 0 Å². The lowest BCUT2D eigenvalue weighted by atomic mass is 10.2. The molecule has 0 bridgehead atoms. The average molecular weight is 153 g/mol. The summed E-state index contributed by atoms with van der Waals surface area (Å²) in [4.78, 5) is 5.38. The summed E-state index contributed by atoms with van der Waals surface area (Å²) in [6.45, 7) is 4.53. The van der Waals surface area contributed by atoms with E-state index in [0.29, 0.717) is 6.61 Å². The Bertz CT molecular complexity index is 151. The van der Waals surface area contributed by atoms with E-state index in [9.17, 15) is 0 Å². The minimum atomic E-state index is 0.552. The van der Waals surface area contributed by atoms with Gasteiger partial charge < -0.3 is 0 Å². The zero-order valence-corrected chi connectivity index (χ0v) is 7.10. The van der Waals surface area contributed by atoms with Crippen molar-refractivity contribution >= 4 is 0 Å². The van der Waals surface area contributed by atoms with Crippen molar-refractivity contribution < 1.29 is 4.84 Å². The van der Waals surface area contributed by atoms with Crippen LogP contribution in [0.5, 0.6) is 0 Å². The van der Waals surface area contributed by atoms with Crippen molar-refractivity contribution in [3.63, 3.8) is 0 Å². The van der Waals surface area contributed by atoms with Gasteiger partial charge in [-0.25, -0.2) is 0 Å². The van der Waals surface area contributed by atoms with Crippen LogP contribution in [0.1, 0.15) is 26.2 Å². The fraction of sp³-hybridized carbons (Fsp3) is 0.778. The molecular formula is C9H15NO. The Morgan fingerprint density at radius 2 is 2.00 bits per heavy atom. The third kappa shape index (κ3) is 3.41. The van der Waals surface area contributed by atoms with E-state index < -0.39 is 0 Å². The maximum atomic E-state index is 5.38. The Morgan fingerprint density at radius 3 is 2.64 bits per heavy atom. The number of hydroxylamine groups is 2. The predicted octanol–water partition coefficient (Wildman–Crippen LogP) is 1.43. The zero-order valence-electron chi connectivity index (χ0n) is 7.10. The van der Waals surface area contributed by atoms with Crippen molar-refractivity contribution in [2.45, 2.75) is 26.2 Å². The second kappa shape index (κ2) is 5.17. The number of hydrogen-bond acceptors (Lipinski definition) is 2. The van der Waals surface area contributed by atoms with Crippen LogP contribution in [0.3, 0.4) is 0 Å². The molecular weight excluding hydrogens is 138 g/mol. The van der Waals surface area contributed by atoms with Gasteiger partial charge in [0.15, 0.2) is 0 Å². The molecule has 0 spiro atoms. The maximum Gasteiger partial charge on any atom is 0.129 e. The number of rotatable bonds is 2. The molecule has 1 rings (SSSR count). The van der Waals surface area contributed by atoms with Crippen LogP contribution in [0.2, 0.25) is 0 Å². The summed E-state index contributed by atoms with van der Waals surface area (Å²) in [5.41, 5.74) is 0. The highest BCUT2D eigenvalue weighted by atomic mass is 16.7. The summed E-state index contributed by atoms with van der Waals surface area (Å²) < 4.78 is 0. The molecule has 0 aliphatic carbocycles. The van der Waals surface area contributed by atoms with Gasteiger partial charge in [0.1, 0.15) is 6.61 Å². The van der Waals surface area contributed by atoms with Crippen LogP contribution in [0.4, 0.5) is 0 Å². The van der Waals surface area contributed by atoms with Gasteiger partial charge in [-0.15, -0.1) is 5.92 Å². The van der Waals surface area contributed by atoms with Crippen molar-refractivity contribution in [2.24, 2.45) is 0 Å². The highest BCUT2D eigenvalue weighted by Gasteiger charge is 2.08. The zero-order chi connectivity index (χ0) is 7.94. The second-order valence-corrected chi connectivity index (χ2v) is 2.69. The molecule has 1 saturated heterocycles. The molecule has 0 unspecified atom stereocenters. The molecule has 0 aromatic carbocycles. The third-order valence-corrected chi connectivity index (χ3v) is 1.81. The van der Waals surface area contributed by atoms with Gasteiger partial charge in [-0.1, -0.05) is 12.3 Å². The van der Waals surface area contributed by atoms with Crippen LogP contribution < -0.4 is 0 Å². The van der Waals surface area contributed by atoms with Crippen molar-refractivity contribution in [1.29, 1.82) is 0 Å². The van der Waals surface area contributed by atoms with Crippen molar-refractivity contribution in [1.82, 2.24) is 5.06 Å². The summed E-state index contributed by atoms with van der Waals surface area (Å²) >= 11 is 0. The lowest BCUT2D eigenvalue weighted by Gasteiger charge is -2.24. The van der Waals surface area contributed by atoms with Gasteiger partial charge in [0.2, 0.25) is 0 Å². The summed E-state index contributed by atoms with van der Waals surface area (Å²) in [7, 11) is 0. The van der Waals surface area contributed by atoms with Gasteiger partial charge in [0.25, 0.3) is 0 Å². The molecule has 0 aromatic rings. The van der Waals surface area contributed by atoms with E-state index in [1.165, 1.54) is 19.3 Å². The molecule has 2 nitrogen and oxygen atoms in total. The molecule has 1 fully saturated rings. The van der Waals surface area contributed by atoms with Gasteiger partial charge in [-0.3, -0.25) is 4.84 Å². The van der Waals surface area contributed by atoms with Crippen LogP contribution in [-0.4, -0.2) is 24.8 Å². The summed E-state index contributed by atoms with van der Waals surface area (Å²) in [5, 5.41) is 2.02. The van der Waals surface area contributed by atoms with Crippen LogP contribution >= 0.6 is 0 Å². The minimum absolute atomic E-state index is 0.552. The first kappa shape index (κ1) is 8.58. The van der Waals surface area contributed by atoms with E-state index in [0.717, 1.165) is 13.1 Å². The van der Waals surface area contributed by atoms with Crippen molar-refractivity contribution in [3.8, 4) is 11.8 Å². The number of hydrogen-bond donors (Lipinski definition) is 0. The lowest BCUT2D eigenvalue weighted by molar-refractivity contribution is -0.155. The highest BCUT2D eigenvalue weighted by Crippen LogP contribution is 2.07. The maximum absolute atomic E-state index is 5.38. The van der Waals surface area contributed by atoms with E-state index in [2.05, 4.69) is 11.8 Å². The molecule has 0 aromatic heterocycles. The summed E-state index contributed by atoms with van der Waals surface area (Å²) in [6, 6.07) is 0. The molecule has 1 aliphatic heterocycles. The lowest BCUT2D eigenvalue weighted by Crippen LogP contribution is -2.29. The fourth-order valence-corrected chi connectivity index (χ4v) is 1.19. The van der Waals surface area contributed by atoms with E-state index in [1.54, 1.807) is 0 Å². The smallest absolute Gasteiger partial charge is 0.129 e. The number of nitrogens with zero attached hydrogens (tertiary/aromatic N) is 1. The molecule has 1 heterocycles. The summed E-state index contributed by atoms with van der Waals surface area (Å²) in [5.74, 6) is 5.69. The SMILES string of the molecule is CC#CCON1CCCCC1. The first-order valence-electron chi connectivity index (χ1n) is 4.21. The molecule has 62 valence electrons. The molecule has 1 aliphatic rings. The number of piperidine rings is 1. The van der Waals surface area contributed by atoms with Crippen LogP contribution in [0, 0.1) is 11.8 Å². The molecule has 0 radical (unpaired) electrons. The Balaban J connectivity index is 2.08. The van der Waals surface area contributed by atoms with E-state index in [1.807, 2.05) is 12.0 Å². The van der Waals surface area contributed by atoms with Crippen LogP contribution in [0.25, 0.3) is 0 Å². The Morgan fingerprint density at radius 1 is 1.27 bits per heavy atom. The minimum Gasteiger partial charge on any atom is -0.286 e. The van der Waals surface area contributed by atoms with Gasteiger partial charge in [-0.2, -0.15) is 5.06 Å². The molecule has 11 heavy (non-hydrogen) atoms. The van der Waals surface area contributed by atoms with Crippen LogP contribution in [-0.2, 0) is 4.84 Å². The van der Waals surface area contributed by atoms with Gasteiger partial charge >= 0.3 is 0 Å². The normalized spacial score (nSPS) is 19.0. The topological polar surface area (TPSA) is 12.5 Å². The van der Waals surface area contributed by atoms with Crippen molar-refractivity contribution in [2.75, 3.05) is 19.7 Å². The second-order valence-electron chi connectivity index (χ2n) is 2.69. The van der Waals surface area contributed by atoms with E-state index in [4.69, 9.17) is 4.84 Å². The first-order chi connectivity index (χ1) is 5.43. The predicted molar refractivity (Wildman–Crippen MR) is 44.8 cm³/mol. The average Bonchev–Trinajstić information content (AvgIpc) is 2.07. The largest absolute Gasteiger partial charge is 0.286 e. The third-order valence-electron chi connectivity index (χ3n) is 1.81. The molecule has 0 atom stereocenters. The fourth-order valence-electron chi connectivity index (χ4n) is 1.19.